The summed E-state index contributed by atoms with van der Waals surface area (Å²) >= 11 is 6.25. The Kier molecular flexibility index (Phi) is 7.38. The first-order valence-corrected chi connectivity index (χ1v) is 9.71. The molecule has 0 fully saturated rings. The van der Waals surface area contributed by atoms with Gasteiger partial charge in [-0.15, -0.1) is 0 Å². The van der Waals surface area contributed by atoms with Gasteiger partial charge >= 0.3 is 11.7 Å². The van der Waals surface area contributed by atoms with Crippen molar-refractivity contribution in [2.45, 2.75) is 33.6 Å². The van der Waals surface area contributed by atoms with Crippen LogP contribution in [-0.4, -0.2) is 36.0 Å². The van der Waals surface area contributed by atoms with Crippen LogP contribution in [-0.2, 0) is 9.59 Å². The van der Waals surface area contributed by atoms with E-state index in [4.69, 9.17) is 11.6 Å². The zero-order valence-corrected chi connectivity index (χ0v) is 17.7. The van der Waals surface area contributed by atoms with E-state index in [2.05, 4.69) is 11.4 Å². The van der Waals surface area contributed by atoms with E-state index < -0.39 is 5.97 Å². The van der Waals surface area contributed by atoms with E-state index in [9.17, 15) is 14.7 Å². The molecule has 0 saturated carbocycles. The molecule has 152 valence electrons. The average molecular weight is 414 g/mol. The van der Waals surface area contributed by atoms with Crippen LogP contribution in [0.25, 0.3) is 0 Å². The van der Waals surface area contributed by atoms with Crippen LogP contribution in [0.3, 0.4) is 0 Å². The van der Waals surface area contributed by atoms with Crippen LogP contribution >= 0.6 is 11.6 Å². The van der Waals surface area contributed by atoms with Crippen LogP contribution in [0.4, 0.5) is 5.69 Å². The second kappa shape index (κ2) is 9.55. The molecule has 1 N–H and O–H groups in total. The SMILES string of the molecule is C=[N+]=C(c1ccccc1)c1cc(Cl)ccc1N(CCC(=O)O)C(=O)CC(C)(C)C. The number of amides is 1. The molecule has 0 heterocycles. The van der Waals surface area contributed by atoms with Gasteiger partial charge in [0.05, 0.1) is 23.2 Å². The summed E-state index contributed by atoms with van der Waals surface area (Å²) in [5, 5.41) is 9.67. The minimum absolute atomic E-state index is 0.0537. The van der Waals surface area contributed by atoms with Crippen molar-refractivity contribution in [1.82, 2.24) is 4.67 Å². The Morgan fingerprint density at radius 2 is 1.79 bits per heavy atom. The van der Waals surface area contributed by atoms with E-state index in [1.165, 1.54) is 4.90 Å². The number of hydrogen-bond donors (Lipinski definition) is 1. The van der Waals surface area contributed by atoms with E-state index in [1.807, 2.05) is 51.1 Å². The number of rotatable bonds is 7. The predicted molar refractivity (Wildman–Crippen MR) is 119 cm³/mol. The number of hydrogen-bond acceptors (Lipinski definition) is 2. The average Bonchev–Trinajstić information content (AvgIpc) is 2.63. The number of carboxylic acids is 1. The van der Waals surface area contributed by atoms with Gasteiger partial charge in [-0.1, -0.05) is 55.2 Å². The number of carbonyl (C=O) groups excluding carboxylic acids is 1. The highest BCUT2D eigenvalue weighted by molar-refractivity contribution is 6.31. The summed E-state index contributed by atoms with van der Waals surface area (Å²) in [5.41, 5.74) is 2.36. The number of anilines is 1. The Hall–Kier alpha value is -2.88. The Morgan fingerprint density at radius 1 is 1.14 bits per heavy atom. The molecule has 0 saturated heterocycles. The minimum atomic E-state index is -0.969. The molecule has 0 radical (unpaired) electrons. The van der Waals surface area contributed by atoms with Gasteiger partial charge < -0.3 is 10.0 Å². The standard InChI is InChI=1S/C23H25ClN2O3/c1-23(2,3)15-20(27)26(13-12-21(28)29)19-11-10-17(24)14-18(19)22(25-4)16-8-6-5-7-9-16/h5-11,14H,4,12-13,15H2,1-3H3/p+1. The molecule has 0 aliphatic carbocycles. The minimum Gasteiger partial charge on any atom is -0.481 e. The van der Waals surface area contributed by atoms with E-state index >= 15 is 0 Å². The maximum Gasteiger partial charge on any atom is 0.342 e. The third-order valence-corrected chi connectivity index (χ3v) is 4.48. The summed E-state index contributed by atoms with van der Waals surface area (Å²) in [6, 6.07) is 14.6. The maximum absolute atomic E-state index is 13.1. The lowest BCUT2D eigenvalue weighted by Crippen LogP contribution is -2.36. The highest BCUT2D eigenvalue weighted by atomic mass is 35.5. The van der Waals surface area contributed by atoms with Crippen molar-refractivity contribution in [2.75, 3.05) is 11.4 Å². The van der Waals surface area contributed by atoms with Gasteiger partial charge in [0.25, 0.3) is 6.72 Å². The quantitative estimate of drug-likeness (QED) is 0.546. The summed E-state index contributed by atoms with van der Waals surface area (Å²) in [6.07, 6.45) is 0.108. The van der Waals surface area contributed by atoms with Crippen LogP contribution in [0.1, 0.15) is 44.7 Å². The van der Waals surface area contributed by atoms with Crippen LogP contribution in [0.2, 0.25) is 5.02 Å². The van der Waals surface area contributed by atoms with Crippen molar-refractivity contribution in [3.8, 4) is 0 Å². The van der Waals surface area contributed by atoms with Crippen molar-refractivity contribution >= 4 is 41.6 Å². The largest absolute Gasteiger partial charge is 0.481 e. The van der Waals surface area contributed by atoms with Crippen LogP contribution in [0, 0.1) is 5.41 Å². The fraction of sp³-hybridized carbons (Fsp3) is 0.304. The lowest BCUT2D eigenvalue weighted by molar-refractivity contribution is -0.136. The Labute approximate surface area is 176 Å². The van der Waals surface area contributed by atoms with Gasteiger partial charge in [-0.05, 0) is 35.7 Å². The van der Waals surface area contributed by atoms with Crippen molar-refractivity contribution < 1.29 is 14.7 Å². The van der Waals surface area contributed by atoms with Gasteiger partial charge in [0.1, 0.15) is 0 Å². The van der Waals surface area contributed by atoms with Gasteiger partial charge in [0.2, 0.25) is 5.91 Å². The molecule has 0 aliphatic heterocycles. The molecule has 0 aromatic heterocycles. The molecular weight excluding hydrogens is 388 g/mol. The molecule has 0 bridgehead atoms. The smallest absolute Gasteiger partial charge is 0.342 e. The second-order valence-corrected chi connectivity index (χ2v) is 8.40. The monoisotopic (exact) mass is 413 g/mol. The molecule has 5 nitrogen and oxygen atoms in total. The van der Waals surface area contributed by atoms with E-state index in [0.717, 1.165) is 5.56 Å². The molecule has 2 aromatic carbocycles. The first-order chi connectivity index (χ1) is 13.6. The molecule has 2 aromatic rings. The first-order valence-electron chi connectivity index (χ1n) is 9.33. The van der Waals surface area contributed by atoms with E-state index in [-0.39, 0.29) is 30.7 Å². The number of benzene rings is 2. The zero-order chi connectivity index (χ0) is 21.6. The van der Waals surface area contributed by atoms with Gasteiger partial charge in [-0.2, -0.15) is 0 Å². The second-order valence-electron chi connectivity index (χ2n) is 7.96. The summed E-state index contributed by atoms with van der Waals surface area (Å²) in [6.45, 7) is 9.65. The van der Waals surface area contributed by atoms with Gasteiger partial charge in [-0.3, -0.25) is 9.59 Å². The third-order valence-electron chi connectivity index (χ3n) is 4.24. The number of nitrogens with zero attached hydrogens (tertiary/aromatic N) is 2. The lowest BCUT2D eigenvalue weighted by atomic mass is 9.91. The summed E-state index contributed by atoms with van der Waals surface area (Å²) in [7, 11) is 0. The molecule has 0 atom stereocenters. The Morgan fingerprint density at radius 3 is 2.34 bits per heavy atom. The third kappa shape index (κ3) is 6.31. The topological polar surface area (TPSA) is 71.7 Å². The van der Waals surface area contributed by atoms with E-state index in [0.29, 0.717) is 22.0 Å². The van der Waals surface area contributed by atoms with Gasteiger partial charge in [-0.25, -0.2) is 0 Å². The number of aliphatic carboxylic acids is 1. The molecular formula is C23H26ClN2O3+. The fourth-order valence-corrected chi connectivity index (χ4v) is 3.17. The summed E-state index contributed by atoms with van der Waals surface area (Å²) in [5.74, 6) is -1.12. The van der Waals surface area contributed by atoms with Crippen LogP contribution < -0.4 is 9.57 Å². The number of carboxylic acid groups (broad SMARTS) is 1. The zero-order valence-electron chi connectivity index (χ0n) is 17.0. The van der Waals surface area contributed by atoms with Gasteiger partial charge in [0.15, 0.2) is 0 Å². The van der Waals surface area contributed by atoms with Crippen molar-refractivity contribution in [1.29, 1.82) is 0 Å². The predicted octanol–water partition coefficient (Wildman–Crippen LogP) is 4.19. The molecule has 1 amide bonds. The molecule has 2 rings (SSSR count). The Bertz CT molecular complexity index is 942. The highest BCUT2D eigenvalue weighted by Crippen LogP contribution is 2.29. The fourth-order valence-electron chi connectivity index (χ4n) is 3.00. The van der Waals surface area contributed by atoms with Crippen molar-refractivity contribution in [3.05, 3.63) is 64.7 Å². The van der Waals surface area contributed by atoms with E-state index in [1.54, 1.807) is 18.2 Å². The van der Waals surface area contributed by atoms with Crippen LogP contribution in [0.5, 0.6) is 0 Å². The van der Waals surface area contributed by atoms with Crippen LogP contribution in [0.15, 0.2) is 48.5 Å². The van der Waals surface area contributed by atoms with Crippen molar-refractivity contribution in [3.63, 3.8) is 0 Å². The highest BCUT2D eigenvalue weighted by Gasteiger charge is 2.28. The lowest BCUT2D eigenvalue weighted by Gasteiger charge is -2.27. The number of carbonyl (C=O) groups is 2. The molecule has 0 aliphatic rings. The molecule has 0 spiro atoms. The summed E-state index contributed by atoms with van der Waals surface area (Å²) in [4.78, 5) is 25.8. The molecule has 0 unspecified atom stereocenters. The maximum atomic E-state index is 13.1. The van der Waals surface area contributed by atoms with Crippen molar-refractivity contribution in [2.24, 2.45) is 5.41 Å². The summed E-state index contributed by atoms with van der Waals surface area (Å²) < 4.78 is 4.20. The van der Waals surface area contributed by atoms with Gasteiger partial charge in [0, 0.05) is 18.0 Å². The molecule has 29 heavy (non-hydrogen) atoms. The first kappa shape index (κ1) is 22.4. The Balaban J connectivity index is 2.60. The normalized spacial score (nSPS) is 10.9. The molecule has 6 heteroatoms. The number of halogens is 1.